The van der Waals surface area contributed by atoms with Gasteiger partial charge in [-0.2, -0.15) is 0 Å². The molecule has 0 fully saturated rings. The lowest BCUT2D eigenvalue weighted by Gasteiger charge is -2.09. The summed E-state index contributed by atoms with van der Waals surface area (Å²) < 4.78 is 19.0. The van der Waals surface area contributed by atoms with Crippen LogP contribution in [0.2, 0.25) is 0 Å². The van der Waals surface area contributed by atoms with Crippen molar-refractivity contribution in [2.45, 2.75) is 6.54 Å². The summed E-state index contributed by atoms with van der Waals surface area (Å²) in [6, 6.07) is 50.2. The zero-order valence-corrected chi connectivity index (χ0v) is 25.8. The average molecular weight is 618 g/mol. The maximum atomic E-state index is 6.54. The fourth-order valence-electron chi connectivity index (χ4n) is 7.16. The van der Waals surface area contributed by atoms with Gasteiger partial charge in [0.05, 0.1) is 6.54 Å². The summed E-state index contributed by atoms with van der Waals surface area (Å²) in [4.78, 5) is 4.88. The highest BCUT2D eigenvalue weighted by molar-refractivity contribution is 6.18. The van der Waals surface area contributed by atoms with Crippen molar-refractivity contribution in [3.05, 3.63) is 157 Å². The Bertz CT molecular complexity index is 2870. The Morgan fingerprint density at radius 3 is 2.04 bits per heavy atom. The van der Waals surface area contributed by atoms with Gasteiger partial charge in [0.25, 0.3) is 0 Å². The molecule has 4 heteroatoms. The first-order valence-electron chi connectivity index (χ1n) is 16.1. The predicted molar refractivity (Wildman–Crippen MR) is 197 cm³/mol. The van der Waals surface area contributed by atoms with Gasteiger partial charge < -0.3 is 13.3 Å². The van der Waals surface area contributed by atoms with Crippen LogP contribution in [0.15, 0.2) is 164 Å². The Kier molecular flexibility index (Phi) is 5.90. The molecule has 0 unspecified atom stereocenters. The first-order valence-corrected chi connectivity index (χ1v) is 16.1. The molecule has 48 heavy (non-hydrogen) atoms. The smallest absolute Gasteiger partial charge is 0.143 e. The summed E-state index contributed by atoms with van der Waals surface area (Å²) in [5.74, 6) is 0. The van der Waals surface area contributed by atoms with E-state index < -0.39 is 0 Å². The zero-order valence-electron chi connectivity index (χ0n) is 25.8. The van der Waals surface area contributed by atoms with Gasteiger partial charge in [0.15, 0.2) is 0 Å². The van der Waals surface area contributed by atoms with E-state index in [-0.39, 0.29) is 0 Å². The number of benzene rings is 7. The van der Waals surface area contributed by atoms with E-state index >= 15 is 0 Å². The summed E-state index contributed by atoms with van der Waals surface area (Å²) >= 11 is 0. The molecule has 0 radical (unpaired) electrons. The topological polar surface area (TPSA) is 51.8 Å². The normalized spacial score (nSPS) is 12.2. The van der Waals surface area contributed by atoms with Gasteiger partial charge in [-0.1, -0.05) is 103 Å². The van der Waals surface area contributed by atoms with Gasteiger partial charge >= 0.3 is 0 Å². The van der Waals surface area contributed by atoms with E-state index in [1.54, 1.807) is 0 Å². The largest absolute Gasteiger partial charge is 0.456 e. The van der Waals surface area contributed by atoms with E-state index in [1.807, 2.05) is 54.7 Å². The molecule has 0 N–H and O–H groups in total. The molecule has 0 aliphatic carbocycles. The van der Waals surface area contributed by atoms with Crippen LogP contribution >= 0.6 is 0 Å². The van der Waals surface area contributed by atoms with E-state index in [9.17, 15) is 0 Å². The van der Waals surface area contributed by atoms with Gasteiger partial charge in [-0.05, 0) is 64.7 Å². The predicted octanol–water partition coefficient (Wildman–Crippen LogP) is 12.3. The summed E-state index contributed by atoms with van der Waals surface area (Å²) in [5.41, 5.74) is 11.8. The van der Waals surface area contributed by atoms with Crippen molar-refractivity contribution in [1.29, 1.82) is 0 Å². The highest BCUT2D eigenvalue weighted by atomic mass is 16.3. The van der Waals surface area contributed by atoms with E-state index in [0.717, 1.165) is 99.2 Å². The third-order valence-corrected chi connectivity index (χ3v) is 9.40. The van der Waals surface area contributed by atoms with Gasteiger partial charge in [-0.15, -0.1) is 0 Å². The van der Waals surface area contributed by atoms with Gasteiger partial charge in [0.1, 0.15) is 33.5 Å². The van der Waals surface area contributed by atoms with Crippen LogP contribution in [0, 0.1) is 0 Å². The molecule has 7 aromatic carbocycles. The van der Waals surface area contributed by atoms with Gasteiger partial charge in [0, 0.05) is 49.7 Å². The molecule has 0 amide bonds. The maximum Gasteiger partial charge on any atom is 0.143 e. The number of aliphatic imine (C=N–C) groups is 1. The van der Waals surface area contributed by atoms with Gasteiger partial charge in [-0.25, -0.2) is 0 Å². The van der Waals surface area contributed by atoms with Crippen LogP contribution in [0.4, 0.5) is 0 Å². The van der Waals surface area contributed by atoms with Crippen LogP contribution in [0.5, 0.6) is 0 Å². The van der Waals surface area contributed by atoms with Crippen molar-refractivity contribution in [2.24, 2.45) is 4.99 Å². The number of hydrogen-bond acceptors (Lipinski definition) is 4. The van der Waals surface area contributed by atoms with Crippen LogP contribution in [0.3, 0.4) is 0 Å². The standard InChI is InChI=1S/C44H27NO3/c1-2-9-28(10-3-1)32-21-20-31(43-35-13-5-7-15-38(35)48-44(32)43)29-18-22-39-36(24-29)42-30(11-8-16-40(42)46-39)26-45-25-27-17-19-34-33-12-4-6-14-37(33)47-41(34)23-27/h1-24,26H,25H2. The van der Waals surface area contributed by atoms with Crippen LogP contribution in [-0.2, 0) is 6.54 Å². The van der Waals surface area contributed by atoms with Crippen LogP contribution in [0.1, 0.15) is 11.1 Å². The minimum atomic E-state index is 0.545. The number of rotatable bonds is 5. The molecule has 0 aliphatic heterocycles. The van der Waals surface area contributed by atoms with Crippen molar-refractivity contribution < 1.29 is 13.3 Å². The number of nitrogens with zero attached hydrogens (tertiary/aromatic N) is 1. The lowest BCUT2D eigenvalue weighted by atomic mass is 9.94. The van der Waals surface area contributed by atoms with E-state index in [4.69, 9.17) is 18.2 Å². The summed E-state index contributed by atoms with van der Waals surface area (Å²) in [5, 5.41) is 6.59. The first-order chi connectivity index (χ1) is 23.8. The lowest BCUT2D eigenvalue weighted by Crippen LogP contribution is -1.87. The Morgan fingerprint density at radius 1 is 0.438 bits per heavy atom. The molecule has 3 heterocycles. The fourth-order valence-corrected chi connectivity index (χ4v) is 7.16. The summed E-state index contributed by atoms with van der Waals surface area (Å²) in [6.07, 6.45) is 1.96. The Labute approximate surface area is 275 Å². The van der Waals surface area contributed by atoms with Gasteiger partial charge in [-0.3, -0.25) is 4.99 Å². The molecule has 0 saturated carbocycles. The Hall–Kier alpha value is -6.39. The monoisotopic (exact) mass is 617 g/mol. The lowest BCUT2D eigenvalue weighted by molar-refractivity contribution is 0.668. The molecule has 3 aromatic heterocycles. The van der Waals surface area contributed by atoms with Gasteiger partial charge in [0.2, 0.25) is 0 Å². The quantitative estimate of drug-likeness (QED) is 0.181. The number of para-hydroxylation sites is 2. The van der Waals surface area contributed by atoms with Crippen molar-refractivity contribution in [3.8, 4) is 22.3 Å². The van der Waals surface area contributed by atoms with Crippen LogP contribution in [-0.4, -0.2) is 6.21 Å². The second-order valence-electron chi connectivity index (χ2n) is 12.3. The molecule has 0 saturated heterocycles. The van der Waals surface area contributed by atoms with Crippen molar-refractivity contribution in [1.82, 2.24) is 0 Å². The third-order valence-electron chi connectivity index (χ3n) is 9.40. The van der Waals surface area contributed by atoms with Crippen molar-refractivity contribution in [2.75, 3.05) is 0 Å². The average Bonchev–Trinajstić information content (AvgIpc) is 3.83. The van der Waals surface area contributed by atoms with Crippen LogP contribution in [0.25, 0.3) is 88.1 Å². The maximum absolute atomic E-state index is 6.54. The molecule has 10 rings (SSSR count). The number of furan rings is 3. The molecule has 0 atom stereocenters. The highest BCUT2D eigenvalue weighted by Crippen LogP contribution is 2.43. The number of hydrogen-bond donors (Lipinski definition) is 0. The second-order valence-corrected chi connectivity index (χ2v) is 12.3. The highest BCUT2D eigenvalue weighted by Gasteiger charge is 2.18. The summed E-state index contributed by atoms with van der Waals surface area (Å²) in [7, 11) is 0. The number of fused-ring (bicyclic) bond motifs is 9. The Morgan fingerprint density at radius 2 is 1.15 bits per heavy atom. The molecular weight excluding hydrogens is 590 g/mol. The first kappa shape index (κ1) is 26.8. The summed E-state index contributed by atoms with van der Waals surface area (Å²) in [6.45, 7) is 0.545. The van der Waals surface area contributed by atoms with E-state index in [0.29, 0.717) is 6.54 Å². The van der Waals surface area contributed by atoms with Crippen LogP contribution < -0.4 is 0 Å². The molecule has 10 aromatic rings. The molecule has 0 aliphatic rings. The minimum Gasteiger partial charge on any atom is -0.456 e. The molecule has 0 bridgehead atoms. The molecular formula is C44H27NO3. The SMILES string of the molecule is C(=NCc1ccc2c(c1)oc1ccccc12)c1cccc2oc3ccc(-c4ccc(-c5ccccc5)c5oc6ccccc6c45)cc3c12. The van der Waals surface area contributed by atoms with Crippen molar-refractivity contribution in [3.63, 3.8) is 0 Å². The molecule has 0 spiro atoms. The Balaban J connectivity index is 1.07. The van der Waals surface area contributed by atoms with Crippen molar-refractivity contribution >= 4 is 72.0 Å². The van der Waals surface area contributed by atoms with E-state index in [1.165, 1.54) is 0 Å². The fraction of sp³-hybridized carbons (Fsp3) is 0.0227. The second kappa shape index (κ2) is 10.6. The molecule has 4 nitrogen and oxygen atoms in total. The van der Waals surface area contributed by atoms with E-state index in [2.05, 4.69) is 97.1 Å². The molecule has 226 valence electrons. The third kappa shape index (κ3) is 4.20. The minimum absolute atomic E-state index is 0.545. The zero-order chi connectivity index (χ0) is 31.6.